The molecule has 1 aromatic rings. The van der Waals surface area contributed by atoms with Gasteiger partial charge in [0.25, 0.3) is 0 Å². The van der Waals surface area contributed by atoms with Crippen LogP contribution in [0.15, 0.2) is 24.3 Å². The van der Waals surface area contributed by atoms with Crippen molar-refractivity contribution in [2.24, 2.45) is 11.7 Å². The van der Waals surface area contributed by atoms with Crippen molar-refractivity contribution >= 4 is 5.69 Å². The van der Waals surface area contributed by atoms with Gasteiger partial charge in [0.15, 0.2) is 0 Å². The Labute approximate surface area is 122 Å². The molecule has 2 atom stereocenters. The molecule has 3 N–H and O–H groups in total. The molecule has 0 aliphatic carbocycles. The van der Waals surface area contributed by atoms with Gasteiger partial charge in [-0.2, -0.15) is 0 Å². The van der Waals surface area contributed by atoms with Crippen LogP contribution in [0.3, 0.4) is 0 Å². The van der Waals surface area contributed by atoms with Crippen LogP contribution in [0.4, 0.5) is 5.69 Å². The van der Waals surface area contributed by atoms with Gasteiger partial charge in [-0.15, -0.1) is 0 Å². The third kappa shape index (κ3) is 3.53. The highest BCUT2D eigenvalue weighted by Crippen LogP contribution is 2.30. The summed E-state index contributed by atoms with van der Waals surface area (Å²) in [5.74, 6) is 0.699. The molecule has 2 unspecified atom stereocenters. The topological polar surface area (TPSA) is 49.5 Å². The molecule has 20 heavy (non-hydrogen) atoms. The van der Waals surface area contributed by atoms with Gasteiger partial charge in [0.2, 0.25) is 0 Å². The maximum absolute atomic E-state index is 10.3. The van der Waals surface area contributed by atoms with Gasteiger partial charge in [-0.3, -0.25) is 0 Å². The summed E-state index contributed by atoms with van der Waals surface area (Å²) in [5, 5.41) is 10.3. The third-order valence-corrected chi connectivity index (χ3v) is 4.54. The van der Waals surface area contributed by atoms with Gasteiger partial charge in [-0.05, 0) is 43.2 Å². The Bertz CT molecular complexity index is 429. The van der Waals surface area contributed by atoms with Gasteiger partial charge in [0.1, 0.15) is 0 Å². The molecule has 0 saturated carbocycles. The van der Waals surface area contributed by atoms with Gasteiger partial charge in [0, 0.05) is 25.3 Å². The smallest absolute Gasteiger partial charge is 0.0767 e. The molecule has 0 saturated heterocycles. The van der Waals surface area contributed by atoms with Crippen LogP contribution in [0.25, 0.3) is 0 Å². The second kappa shape index (κ2) is 6.59. The van der Waals surface area contributed by atoms with Gasteiger partial charge in [-0.1, -0.05) is 32.0 Å². The van der Waals surface area contributed by atoms with E-state index in [1.54, 1.807) is 0 Å². The van der Waals surface area contributed by atoms with Crippen molar-refractivity contribution in [1.82, 2.24) is 0 Å². The summed E-state index contributed by atoms with van der Waals surface area (Å²) in [4.78, 5) is 2.47. The number of hydrogen-bond acceptors (Lipinski definition) is 3. The lowest BCUT2D eigenvalue weighted by Crippen LogP contribution is -2.39. The lowest BCUT2D eigenvalue weighted by atomic mass is 9.92. The molecule has 0 aromatic heterocycles. The first-order valence-corrected chi connectivity index (χ1v) is 7.83. The molecule has 0 fully saturated rings. The Morgan fingerprint density at radius 3 is 2.85 bits per heavy atom. The predicted molar refractivity (Wildman–Crippen MR) is 85.1 cm³/mol. The monoisotopic (exact) mass is 276 g/mol. The van der Waals surface area contributed by atoms with E-state index >= 15 is 0 Å². The summed E-state index contributed by atoms with van der Waals surface area (Å²) in [5.41, 5.74) is 7.82. The van der Waals surface area contributed by atoms with Crippen molar-refractivity contribution in [2.75, 3.05) is 24.5 Å². The van der Waals surface area contributed by atoms with Crippen LogP contribution in [0.5, 0.6) is 0 Å². The number of para-hydroxylation sites is 1. The molecule has 1 aliphatic heterocycles. The minimum atomic E-state index is -0.680. The van der Waals surface area contributed by atoms with Crippen molar-refractivity contribution in [2.45, 2.75) is 45.1 Å². The molecule has 0 amide bonds. The second-order valence-corrected chi connectivity index (χ2v) is 6.27. The molecule has 112 valence electrons. The Kier molecular flexibility index (Phi) is 5.06. The molecular formula is C17H28N2O. The number of nitrogens with zero attached hydrogens (tertiary/aromatic N) is 1. The van der Waals surface area contributed by atoms with E-state index in [0.717, 1.165) is 32.4 Å². The molecule has 3 heteroatoms. The van der Waals surface area contributed by atoms with Crippen LogP contribution in [-0.2, 0) is 6.42 Å². The van der Waals surface area contributed by atoms with Gasteiger partial charge < -0.3 is 15.7 Å². The van der Waals surface area contributed by atoms with Crippen molar-refractivity contribution in [3.05, 3.63) is 29.8 Å². The lowest BCUT2D eigenvalue weighted by Gasteiger charge is -2.35. The summed E-state index contributed by atoms with van der Waals surface area (Å²) in [6.07, 6.45) is 3.68. The average Bonchev–Trinajstić information content (AvgIpc) is 2.46. The molecule has 0 spiro atoms. The van der Waals surface area contributed by atoms with Gasteiger partial charge in [-0.25, -0.2) is 0 Å². The Morgan fingerprint density at radius 1 is 1.40 bits per heavy atom. The molecule has 1 heterocycles. The van der Waals surface area contributed by atoms with Crippen molar-refractivity contribution < 1.29 is 5.11 Å². The second-order valence-electron chi connectivity index (χ2n) is 6.27. The zero-order chi connectivity index (χ0) is 14.6. The van der Waals surface area contributed by atoms with Crippen LogP contribution in [0.1, 0.15) is 38.7 Å². The first kappa shape index (κ1) is 15.3. The number of aliphatic hydroxyl groups is 1. The van der Waals surface area contributed by atoms with Crippen LogP contribution in [0.2, 0.25) is 0 Å². The van der Waals surface area contributed by atoms with E-state index < -0.39 is 5.60 Å². The normalized spacial score (nSPS) is 21.4. The fourth-order valence-electron chi connectivity index (χ4n) is 3.14. The average molecular weight is 276 g/mol. The largest absolute Gasteiger partial charge is 0.389 e. The number of nitrogens with two attached hydrogens (primary N) is 1. The summed E-state index contributed by atoms with van der Waals surface area (Å²) in [6, 6.07) is 8.69. The molecular weight excluding hydrogens is 248 g/mol. The fourth-order valence-corrected chi connectivity index (χ4v) is 3.14. The Balaban J connectivity index is 1.97. The van der Waals surface area contributed by atoms with E-state index in [0.29, 0.717) is 12.5 Å². The van der Waals surface area contributed by atoms with E-state index in [2.05, 4.69) is 36.1 Å². The van der Waals surface area contributed by atoms with Crippen LogP contribution >= 0.6 is 0 Å². The SMILES string of the molecule is CCC(O)(CN)CCCN1CC(C)Cc2ccccc21. The van der Waals surface area contributed by atoms with E-state index in [4.69, 9.17) is 5.73 Å². The van der Waals surface area contributed by atoms with E-state index in [1.165, 1.54) is 17.7 Å². The van der Waals surface area contributed by atoms with Crippen molar-refractivity contribution in [1.29, 1.82) is 0 Å². The quantitative estimate of drug-likeness (QED) is 0.839. The van der Waals surface area contributed by atoms with E-state index in [1.807, 2.05) is 6.92 Å². The zero-order valence-corrected chi connectivity index (χ0v) is 12.8. The highest BCUT2D eigenvalue weighted by molar-refractivity contribution is 5.55. The summed E-state index contributed by atoms with van der Waals surface area (Å²) < 4.78 is 0. The Morgan fingerprint density at radius 2 is 2.15 bits per heavy atom. The summed E-state index contributed by atoms with van der Waals surface area (Å²) >= 11 is 0. The minimum Gasteiger partial charge on any atom is -0.389 e. The van der Waals surface area contributed by atoms with Crippen LogP contribution in [-0.4, -0.2) is 30.3 Å². The molecule has 2 rings (SSSR count). The summed E-state index contributed by atoms with van der Waals surface area (Å²) in [6.45, 7) is 6.79. The molecule has 1 aromatic carbocycles. The maximum atomic E-state index is 10.3. The standard InChI is InChI=1S/C17H28N2O/c1-3-17(20,13-18)9-6-10-19-12-14(2)11-15-7-4-5-8-16(15)19/h4-5,7-8,14,20H,3,6,9-13,18H2,1-2H3. The highest BCUT2D eigenvalue weighted by Gasteiger charge is 2.24. The lowest BCUT2D eigenvalue weighted by molar-refractivity contribution is 0.0349. The fraction of sp³-hybridized carbons (Fsp3) is 0.647. The number of rotatable bonds is 6. The highest BCUT2D eigenvalue weighted by atomic mass is 16.3. The third-order valence-electron chi connectivity index (χ3n) is 4.54. The number of anilines is 1. The van der Waals surface area contributed by atoms with Crippen LogP contribution in [0, 0.1) is 5.92 Å². The molecule has 0 radical (unpaired) electrons. The zero-order valence-electron chi connectivity index (χ0n) is 12.8. The number of hydrogen-bond donors (Lipinski definition) is 2. The van der Waals surface area contributed by atoms with Crippen LogP contribution < -0.4 is 10.6 Å². The number of fused-ring (bicyclic) bond motifs is 1. The minimum absolute atomic E-state index is 0.358. The van der Waals surface area contributed by atoms with Crippen molar-refractivity contribution in [3.63, 3.8) is 0 Å². The molecule has 1 aliphatic rings. The van der Waals surface area contributed by atoms with Gasteiger partial charge in [0.05, 0.1) is 5.60 Å². The molecule has 0 bridgehead atoms. The van der Waals surface area contributed by atoms with Crippen molar-refractivity contribution in [3.8, 4) is 0 Å². The first-order chi connectivity index (χ1) is 9.58. The summed E-state index contributed by atoms with van der Waals surface area (Å²) in [7, 11) is 0. The Hall–Kier alpha value is -1.06. The molecule has 3 nitrogen and oxygen atoms in total. The first-order valence-electron chi connectivity index (χ1n) is 7.83. The predicted octanol–water partition coefficient (Wildman–Crippen LogP) is 2.57. The van der Waals surface area contributed by atoms with E-state index in [9.17, 15) is 5.11 Å². The van der Waals surface area contributed by atoms with E-state index in [-0.39, 0.29) is 0 Å². The van der Waals surface area contributed by atoms with Gasteiger partial charge >= 0.3 is 0 Å². The number of benzene rings is 1. The maximum Gasteiger partial charge on any atom is 0.0767 e.